The van der Waals surface area contributed by atoms with E-state index in [-0.39, 0.29) is 5.91 Å². The third-order valence-electron chi connectivity index (χ3n) is 1.90. The van der Waals surface area contributed by atoms with E-state index >= 15 is 0 Å². The summed E-state index contributed by atoms with van der Waals surface area (Å²) in [5.74, 6) is -0.0133. The molecule has 15 heavy (non-hydrogen) atoms. The van der Waals surface area contributed by atoms with Crippen LogP contribution in [0.4, 0.5) is 5.69 Å². The molecule has 1 aromatic rings. The zero-order chi connectivity index (χ0) is 11.5. The fourth-order valence-electron chi connectivity index (χ4n) is 0.947. The molecule has 0 atom stereocenters. The maximum Gasteiger partial charge on any atom is 0.229 e. The van der Waals surface area contributed by atoms with Crippen LogP contribution in [0.3, 0.4) is 0 Å². The lowest BCUT2D eigenvalue weighted by Crippen LogP contribution is -2.27. The van der Waals surface area contributed by atoms with Crippen molar-refractivity contribution in [3.63, 3.8) is 0 Å². The third kappa shape index (κ3) is 3.43. The summed E-state index contributed by atoms with van der Waals surface area (Å²) < 4.78 is 0. The van der Waals surface area contributed by atoms with Crippen molar-refractivity contribution in [3.8, 4) is 0 Å². The number of carbonyl (C=O) groups excluding carboxylic acids is 1. The van der Waals surface area contributed by atoms with Gasteiger partial charge in [-0.3, -0.25) is 4.79 Å². The van der Waals surface area contributed by atoms with Gasteiger partial charge in [-0.25, -0.2) is 0 Å². The smallest absolute Gasteiger partial charge is 0.229 e. The molecule has 0 aliphatic rings. The average Bonchev–Trinajstić information content (AvgIpc) is 2.17. The topological polar surface area (TPSA) is 29.1 Å². The first-order chi connectivity index (χ1) is 6.95. The van der Waals surface area contributed by atoms with Crippen molar-refractivity contribution in [1.29, 1.82) is 0 Å². The Bertz CT molecular complexity index is 360. The molecule has 0 unspecified atom stereocenters. The van der Waals surface area contributed by atoms with Crippen LogP contribution < -0.4 is 5.32 Å². The predicted molar refractivity (Wildman–Crippen MR) is 66.2 cm³/mol. The largest absolute Gasteiger partial charge is 0.325 e. The molecule has 0 saturated heterocycles. The maximum absolute atomic E-state index is 11.7. The molecule has 0 aromatic heterocycles. The molecule has 1 aromatic carbocycles. The summed E-state index contributed by atoms with van der Waals surface area (Å²) in [7, 11) is 6.80. The lowest BCUT2D eigenvalue weighted by molar-refractivity contribution is -0.123. The van der Waals surface area contributed by atoms with Gasteiger partial charge >= 0.3 is 0 Å². The summed E-state index contributed by atoms with van der Waals surface area (Å²) in [6.07, 6.45) is 0. The molecule has 0 saturated carbocycles. The minimum atomic E-state index is -0.399. The van der Waals surface area contributed by atoms with Crippen LogP contribution in [0.25, 0.3) is 0 Å². The second-order valence-corrected chi connectivity index (χ2v) is 5.33. The van der Waals surface area contributed by atoms with Gasteiger partial charge in [0.05, 0.1) is 5.69 Å². The highest BCUT2D eigenvalue weighted by molar-refractivity contribution is 8.21. The molecule has 82 valence electrons. The highest BCUT2D eigenvalue weighted by Gasteiger charge is 2.21. The Morgan fingerprint density at radius 1 is 1.33 bits per heavy atom. The van der Waals surface area contributed by atoms with E-state index in [1.54, 1.807) is 0 Å². The first-order valence-corrected chi connectivity index (χ1v) is 6.28. The normalized spacial score (nSPS) is 11.2. The van der Waals surface area contributed by atoms with Crippen LogP contribution in [0.15, 0.2) is 29.2 Å². The minimum absolute atomic E-state index is 0.0133. The van der Waals surface area contributed by atoms with E-state index in [9.17, 15) is 4.79 Å². The first kappa shape index (κ1) is 12.4. The maximum atomic E-state index is 11.7. The Morgan fingerprint density at radius 3 is 2.47 bits per heavy atom. The number of benzene rings is 1. The zero-order valence-corrected chi connectivity index (χ0v) is 10.6. The highest BCUT2D eigenvalue weighted by Crippen LogP contribution is 2.30. The van der Waals surface area contributed by atoms with Crippen molar-refractivity contribution < 1.29 is 4.79 Å². The van der Waals surface area contributed by atoms with Crippen molar-refractivity contribution in [1.82, 2.24) is 0 Å². The van der Waals surface area contributed by atoms with Crippen molar-refractivity contribution >= 4 is 33.3 Å². The molecular weight excluding hydrogens is 230 g/mol. The number of carbonyl (C=O) groups is 1. The Balaban J connectivity index is 2.85. The van der Waals surface area contributed by atoms with Crippen LogP contribution >= 0.6 is 21.7 Å². The van der Waals surface area contributed by atoms with E-state index in [0.29, 0.717) is 0 Å². The number of anilines is 1. The lowest BCUT2D eigenvalue weighted by atomic mass is 9.95. The van der Waals surface area contributed by atoms with Gasteiger partial charge in [-0.05, 0) is 33.8 Å². The van der Waals surface area contributed by atoms with Gasteiger partial charge in [0, 0.05) is 10.3 Å². The van der Waals surface area contributed by atoms with E-state index in [4.69, 9.17) is 10.7 Å². The third-order valence-corrected chi connectivity index (χ3v) is 2.92. The van der Waals surface area contributed by atoms with E-state index in [0.717, 1.165) is 21.6 Å². The molecule has 0 bridgehead atoms. The Morgan fingerprint density at radius 2 is 1.93 bits per heavy atom. The van der Waals surface area contributed by atoms with Crippen LogP contribution in [0, 0.1) is 5.41 Å². The molecule has 1 N–H and O–H groups in total. The monoisotopic (exact) mass is 243 g/mol. The molecule has 1 amide bonds. The molecule has 1 rings (SSSR count). The van der Waals surface area contributed by atoms with Gasteiger partial charge in [0.25, 0.3) is 0 Å². The number of para-hydroxylation sites is 1. The standard InChI is InChI=1S/C11H14ClNOS/c1-11(2,3)10(14)13-8-6-4-5-7-9(8)15-12/h4-7H,1-3H3,(H,13,14). The van der Waals surface area contributed by atoms with Gasteiger partial charge in [0.1, 0.15) is 0 Å². The average molecular weight is 244 g/mol. The van der Waals surface area contributed by atoms with Crippen molar-refractivity contribution in [3.05, 3.63) is 24.3 Å². The van der Waals surface area contributed by atoms with Gasteiger partial charge in [0.2, 0.25) is 5.91 Å². The van der Waals surface area contributed by atoms with Gasteiger partial charge in [-0.1, -0.05) is 32.9 Å². The molecule has 0 spiro atoms. The molecule has 4 heteroatoms. The first-order valence-electron chi connectivity index (χ1n) is 4.64. The second-order valence-electron chi connectivity index (χ2n) is 4.28. The number of rotatable bonds is 2. The molecule has 0 aliphatic heterocycles. The van der Waals surface area contributed by atoms with Crippen molar-refractivity contribution in [2.75, 3.05) is 5.32 Å². The summed E-state index contributed by atoms with van der Waals surface area (Å²) in [5, 5.41) is 2.86. The molecule has 0 heterocycles. The summed E-state index contributed by atoms with van der Waals surface area (Å²) in [4.78, 5) is 12.6. The van der Waals surface area contributed by atoms with Gasteiger partial charge in [-0.15, -0.1) is 0 Å². The molecule has 0 radical (unpaired) electrons. The molecular formula is C11H14ClNOS. The van der Waals surface area contributed by atoms with Crippen LogP contribution in [0.5, 0.6) is 0 Å². The van der Waals surface area contributed by atoms with E-state index in [2.05, 4.69) is 5.32 Å². The summed E-state index contributed by atoms with van der Waals surface area (Å²) in [6.45, 7) is 5.62. The van der Waals surface area contributed by atoms with Crippen molar-refractivity contribution in [2.24, 2.45) is 5.41 Å². The van der Waals surface area contributed by atoms with Crippen LogP contribution in [0.1, 0.15) is 20.8 Å². The van der Waals surface area contributed by atoms with Gasteiger partial charge in [-0.2, -0.15) is 0 Å². The van der Waals surface area contributed by atoms with Crippen LogP contribution in [-0.4, -0.2) is 5.91 Å². The Kier molecular flexibility index (Phi) is 4.05. The lowest BCUT2D eigenvalue weighted by Gasteiger charge is -2.18. The number of hydrogen-bond donors (Lipinski definition) is 1. The summed E-state index contributed by atoms with van der Waals surface area (Å²) >= 11 is 0. The number of nitrogens with one attached hydrogen (secondary N) is 1. The number of halogens is 1. The highest BCUT2D eigenvalue weighted by atomic mass is 35.7. The van der Waals surface area contributed by atoms with Gasteiger partial charge < -0.3 is 5.32 Å². The van der Waals surface area contributed by atoms with E-state index in [1.807, 2.05) is 45.0 Å². The summed E-state index contributed by atoms with van der Waals surface area (Å²) in [5.41, 5.74) is 0.363. The van der Waals surface area contributed by atoms with Crippen LogP contribution in [-0.2, 0) is 4.79 Å². The summed E-state index contributed by atoms with van der Waals surface area (Å²) in [6, 6.07) is 7.47. The molecule has 0 aliphatic carbocycles. The predicted octanol–water partition coefficient (Wildman–Crippen LogP) is 3.92. The van der Waals surface area contributed by atoms with E-state index in [1.165, 1.54) is 0 Å². The quantitative estimate of drug-likeness (QED) is 0.853. The SMILES string of the molecule is CC(C)(C)C(=O)Nc1ccccc1SCl. The van der Waals surface area contributed by atoms with Crippen LogP contribution in [0.2, 0.25) is 0 Å². The fourth-order valence-corrected chi connectivity index (χ4v) is 1.68. The minimum Gasteiger partial charge on any atom is -0.325 e. The Labute approximate surface area is 98.9 Å². The molecule has 2 nitrogen and oxygen atoms in total. The Hall–Kier alpha value is -0.670. The zero-order valence-electron chi connectivity index (χ0n) is 9.00. The number of amides is 1. The van der Waals surface area contributed by atoms with Gasteiger partial charge in [0.15, 0.2) is 0 Å². The van der Waals surface area contributed by atoms with E-state index < -0.39 is 5.41 Å². The fraction of sp³-hybridized carbons (Fsp3) is 0.364. The second kappa shape index (κ2) is 4.90. The number of hydrogen-bond acceptors (Lipinski definition) is 2. The van der Waals surface area contributed by atoms with Crippen molar-refractivity contribution in [2.45, 2.75) is 25.7 Å². The molecule has 0 fully saturated rings.